The number of H-pyrrole nitrogens is 1. The maximum Gasteiger partial charge on any atom is 0.257 e. The van der Waals surface area contributed by atoms with Gasteiger partial charge >= 0.3 is 0 Å². The fourth-order valence-electron chi connectivity index (χ4n) is 2.94. The number of hydrogen-bond donors (Lipinski definition) is 2. The van der Waals surface area contributed by atoms with Crippen LogP contribution in [0.5, 0.6) is 0 Å². The van der Waals surface area contributed by atoms with Crippen molar-refractivity contribution in [2.45, 2.75) is 0 Å². The molecule has 4 rings (SSSR count). The van der Waals surface area contributed by atoms with Crippen molar-refractivity contribution in [2.75, 3.05) is 5.32 Å². The van der Waals surface area contributed by atoms with E-state index in [0.29, 0.717) is 32.0 Å². The highest BCUT2D eigenvalue weighted by molar-refractivity contribution is 9.10. The van der Waals surface area contributed by atoms with Gasteiger partial charge in [-0.15, -0.1) is 0 Å². The first kappa shape index (κ1) is 15.8. The molecule has 0 aliphatic carbocycles. The molecule has 0 saturated carbocycles. The second kappa shape index (κ2) is 5.70. The molecule has 2 N–H and O–H groups in total. The molecule has 2 aromatic heterocycles. The van der Waals surface area contributed by atoms with Crippen molar-refractivity contribution in [3.63, 3.8) is 0 Å². The van der Waals surface area contributed by atoms with Crippen molar-refractivity contribution in [2.24, 2.45) is 7.05 Å². The number of halogens is 3. The van der Waals surface area contributed by atoms with E-state index in [4.69, 9.17) is 0 Å². The second-order valence-corrected chi connectivity index (χ2v) is 6.64. The van der Waals surface area contributed by atoms with Gasteiger partial charge in [-0.05, 0) is 46.3 Å². The van der Waals surface area contributed by atoms with Crippen LogP contribution in [0.1, 0.15) is 10.4 Å². The molecule has 0 fully saturated rings. The predicted octanol–water partition coefficient (Wildman–Crippen LogP) is 4.95. The lowest BCUT2D eigenvalue weighted by Gasteiger charge is -2.03. The summed E-state index contributed by atoms with van der Waals surface area (Å²) in [6.45, 7) is 0. The van der Waals surface area contributed by atoms with Gasteiger partial charge in [0, 0.05) is 41.2 Å². The summed E-state index contributed by atoms with van der Waals surface area (Å²) in [5.41, 5.74) is 2.25. The third kappa shape index (κ3) is 2.60. The molecule has 2 aromatic carbocycles. The van der Waals surface area contributed by atoms with Crippen molar-refractivity contribution in [1.29, 1.82) is 0 Å². The van der Waals surface area contributed by atoms with E-state index in [2.05, 4.69) is 26.2 Å². The number of rotatable bonds is 2. The van der Waals surface area contributed by atoms with Crippen LogP contribution in [0.15, 0.2) is 47.2 Å². The number of aromatic amines is 1. The number of aryl methyl sites for hydroxylation is 1. The van der Waals surface area contributed by atoms with Crippen LogP contribution in [0.2, 0.25) is 0 Å². The molecule has 1 amide bonds. The maximum atomic E-state index is 13.9. The monoisotopic (exact) mass is 403 g/mol. The normalized spacial score (nSPS) is 11.4. The Morgan fingerprint density at radius 1 is 1.20 bits per heavy atom. The molecule has 126 valence electrons. The lowest BCUT2D eigenvalue weighted by Crippen LogP contribution is -2.11. The van der Waals surface area contributed by atoms with Gasteiger partial charge in [0.2, 0.25) is 0 Å². The fourth-order valence-corrected chi connectivity index (χ4v) is 3.27. The van der Waals surface area contributed by atoms with E-state index < -0.39 is 11.7 Å². The number of fused-ring (bicyclic) bond motifs is 2. The smallest absolute Gasteiger partial charge is 0.257 e. The molecule has 25 heavy (non-hydrogen) atoms. The Morgan fingerprint density at radius 2 is 2.00 bits per heavy atom. The van der Waals surface area contributed by atoms with Gasteiger partial charge in [0.25, 0.3) is 5.91 Å². The van der Waals surface area contributed by atoms with Crippen LogP contribution in [0.4, 0.5) is 14.5 Å². The summed E-state index contributed by atoms with van der Waals surface area (Å²) in [4.78, 5) is 15.7. The zero-order valence-electron chi connectivity index (χ0n) is 13.0. The van der Waals surface area contributed by atoms with Crippen LogP contribution in [0.25, 0.3) is 21.8 Å². The third-order valence-electron chi connectivity index (χ3n) is 4.17. The number of amides is 1. The molecule has 0 radical (unpaired) electrons. The minimum absolute atomic E-state index is 0.334. The molecule has 2 heterocycles. The predicted molar refractivity (Wildman–Crippen MR) is 96.8 cm³/mol. The summed E-state index contributed by atoms with van der Waals surface area (Å²) in [5.74, 6) is -1.22. The maximum absolute atomic E-state index is 13.9. The topological polar surface area (TPSA) is 49.8 Å². The summed E-state index contributed by atoms with van der Waals surface area (Å²) in [5, 5.41) is 3.84. The summed E-state index contributed by atoms with van der Waals surface area (Å²) < 4.78 is 29.5. The Morgan fingerprint density at radius 3 is 2.80 bits per heavy atom. The zero-order chi connectivity index (χ0) is 17.7. The standard InChI is InChI=1S/C18H12BrF2N3O/c1-24-8-12(10-5-14(21)13(19)6-17(10)24)18(25)23-16-7-22-15-3-2-9(20)4-11(15)16/h2-8,22H,1H3,(H,23,25). The van der Waals surface area contributed by atoms with E-state index >= 15 is 0 Å². The minimum atomic E-state index is -0.443. The van der Waals surface area contributed by atoms with Crippen LogP contribution in [0.3, 0.4) is 0 Å². The van der Waals surface area contributed by atoms with Crippen molar-refractivity contribution in [1.82, 2.24) is 9.55 Å². The largest absolute Gasteiger partial charge is 0.359 e. The summed E-state index contributed by atoms with van der Waals surface area (Å²) in [7, 11) is 1.78. The number of carbonyl (C=O) groups is 1. The highest BCUT2D eigenvalue weighted by Crippen LogP contribution is 2.29. The highest BCUT2D eigenvalue weighted by Gasteiger charge is 2.17. The number of nitrogens with one attached hydrogen (secondary N) is 2. The Hall–Kier alpha value is -2.67. The molecule has 0 atom stereocenters. The van der Waals surface area contributed by atoms with E-state index in [1.165, 1.54) is 18.2 Å². The van der Waals surface area contributed by atoms with Crippen LogP contribution in [-0.2, 0) is 7.05 Å². The number of benzene rings is 2. The van der Waals surface area contributed by atoms with Crippen molar-refractivity contribution in [3.05, 3.63) is 64.4 Å². The van der Waals surface area contributed by atoms with Gasteiger partial charge in [0.15, 0.2) is 0 Å². The van der Waals surface area contributed by atoms with E-state index in [1.807, 2.05) is 0 Å². The molecule has 4 nitrogen and oxygen atoms in total. The Labute approximate surface area is 149 Å². The van der Waals surface area contributed by atoms with Crippen LogP contribution >= 0.6 is 15.9 Å². The quantitative estimate of drug-likeness (QED) is 0.488. The van der Waals surface area contributed by atoms with Gasteiger partial charge in [0.1, 0.15) is 11.6 Å². The van der Waals surface area contributed by atoms with Crippen molar-refractivity contribution in [3.8, 4) is 0 Å². The van der Waals surface area contributed by atoms with Crippen molar-refractivity contribution >= 4 is 49.3 Å². The molecule has 0 aliphatic rings. The van der Waals surface area contributed by atoms with Crippen LogP contribution in [-0.4, -0.2) is 15.5 Å². The zero-order valence-corrected chi connectivity index (χ0v) is 14.6. The second-order valence-electron chi connectivity index (χ2n) is 5.78. The fraction of sp³-hybridized carbons (Fsp3) is 0.0556. The molecule has 7 heteroatoms. The van der Waals surface area contributed by atoms with Gasteiger partial charge in [-0.1, -0.05) is 0 Å². The Kier molecular flexibility index (Phi) is 3.61. The van der Waals surface area contributed by atoms with E-state index in [9.17, 15) is 13.6 Å². The van der Waals surface area contributed by atoms with E-state index in [-0.39, 0.29) is 5.82 Å². The average molecular weight is 404 g/mol. The molecule has 0 spiro atoms. The molecule has 0 saturated heterocycles. The minimum Gasteiger partial charge on any atom is -0.359 e. The highest BCUT2D eigenvalue weighted by atomic mass is 79.9. The summed E-state index contributed by atoms with van der Waals surface area (Å²) >= 11 is 3.15. The average Bonchev–Trinajstić information content (AvgIpc) is 3.10. The molecule has 0 bridgehead atoms. The number of hydrogen-bond acceptors (Lipinski definition) is 1. The van der Waals surface area contributed by atoms with Crippen LogP contribution < -0.4 is 5.32 Å². The van der Waals surface area contributed by atoms with Gasteiger partial charge in [-0.2, -0.15) is 0 Å². The number of anilines is 1. The first-order valence-corrected chi connectivity index (χ1v) is 8.25. The number of aromatic nitrogens is 2. The lowest BCUT2D eigenvalue weighted by molar-refractivity contribution is 0.102. The molecule has 4 aromatic rings. The SMILES string of the molecule is Cn1cc(C(=O)Nc2c[nH]c3ccc(F)cc23)c2cc(F)c(Br)cc21. The van der Waals surface area contributed by atoms with E-state index in [1.54, 1.807) is 36.1 Å². The van der Waals surface area contributed by atoms with Gasteiger partial charge < -0.3 is 14.9 Å². The summed E-state index contributed by atoms with van der Waals surface area (Å²) in [6, 6.07) is 7.24. The Balaban J connectivity index is 1.77. The van der Waals surface area contributed by atoms with Gasteiger partial charge in [-0.3, -0.25) is 4.79 Å². The molecular formula is C18H12BrF2N3O. The molecule has 0 aliphatic heterocycles. The van der Waals surface area contributed by atoms with Gasteiger partial charge in [-0.25, -0.2) is 8.78 Å². The number of carbonyl (C=O) groups excluding carboxylic acids is 1. The number of nitrogens with zero attached hydrogens (tertiary/aromatic N) is 1. The van der Waals surface area contributed by atoms with Crippen molar-refractivity contribution < 1.29 is 13.6 Å². The third-order valence-corrected chi connectivity index (χ3v) is 4.78. The van der Waals surface area contributed by atoms with Gasteiger partial charge in [0.05, 0.1) is 15.7 Å². The van der Waals surface area contributed by atoms with E-state index in [0.717, 1.165) is 5.52 Å². The molecular weight excluding hydrogens is 392 g/mol. The Bertz CT molecular complexity index is 1150. The first-order valence-electron chi connectivity index (χ1n) is 7.46. The first-order chi connectivity index (χ1) is 11.9. The lowest BCUT2D eigenvalue weighted by atomic mass is 10.1. The van der Waals surface area contributed by atoms with Crippen LogP contribution in [0, 0.1) is 11.6 Å². The summed E-state index contributed by atoms with van der Waals surface area (Å²) in [6.07, 6.45) is 3.24. The molecule has 0 unspecified atom stereocenters.